The van der Waals surface area contributed by atoms with E-state index in [2.05, 4.69) is 53.6 Å². The average Bonchev–Trinajstić information content (AvgIpc) is 2.50. The molecule has 0 heterocycles. The molecular formula is C16H27N3OS. The second kappa shape index (κ2) is 10.4. The summed E-state index contributed by atoms with van der Waals surface area (Å²) in [7, 11) is 0. The molecule has 0 radical (unpaired) electrons. The van der Waals surface area contributed by atoms with E-state index in [1.54, 1.807) is 0 Å². The molecule has 0 spiro atoms. The lowest BCUT2D eigenvalue weighted by Gasteiger charge is -2.21. The maximum Gasteiger partial charge on any atom is 0.170 e. The van der Waals surface area contributed by atoms with E-state index in [4.69, 9.17) is 17.0 Å². The molecule has 0 amide bonds. The maximum atomic E-state index is 5.28. The first kappa shape index (κ1) is 17.7. The highest BCUT2D eigenvalue weighted by Crippen LogP contribution is 2.17. The van der Waals surface area contributed by atoms with Crippen LogP contribution in [0.4, 0.5) is 11.4 Å². The van der Waals surface area contributed by atoms with Crippen molar-refractivity contribution in [2.24, 2.45) is 0 Å². The normalized spacial score (nSPS) is 10.2. The topological polar surface area (TPSA) is 36.5 Å². The number of hydrogen-bond donors (Lipinski definition) is 2. The molecule has 0 fully saturated rings. The standard InChI is InChI=1S/C16H27N3OS/c1-4-19(5-2)15-10-8-14(9-11-15)18-16(21)17-12-7-13-20-6-3/h8-11H,4-7,12-13H2,1-3H3,(H2,17,18,21). The quantitative estimate of drug-likeness (QED) is 0.541. The highest BCUT2D eigenvalue weighted by Gasteiger charge is 2.02. The first-order valence-electron chi connectivity index (χ1n) is 7.68. The zero-order valence-electron chi connectivity index (χ0n) is 13.3. The maximum absolute atomic E-state index is 5.28. The van der Waals surface area contributed by atoms with Crippen LogP contribution < -0.4 is 15.5 Å². The summed E-state index contributed by atoms with van der Waals surface area (Å²) in [5.41, 5.74) is 2.24. The molecule has 118 valence electrons. The number of thiocarbonyl (C=S) groups is 1. The summed E-state index contributed by atoms with van der Waals surface area (Å²) in [5, 5.41) is 7.03. The van der Waals surface area contributed by atoms with Crippen molar-refractivity contribution >= 4 is 28.7 Å². The molecule has 0 aliphatic heterocycles. The molecule has 5 heteroatoms. The van der Waals surface area contributed by atoms with Gasteiger partial charge in [-0.15, -0.1) is 0 Å². The second-order valence-corrected chi connectivity index (χ2v) is 5.06. The second-order valence-electron chi connectivity index (χ2n) is 4.65. The molecule has 0 saturated heterocycles. The van der Waals surface area contributed by atoms with Gasteiger partial charge >= 0.3 is 0 Å². The van der Waals surface area contributed by atoms with Crippen LogP contribution >= 0.6 is 12.2 Å². The summed E-state index contributed by atoms with van der Waals surface area (Å²) in [6.07, 6.45) is 0.955. The van der Waals surface area contributed by atoms with Gasteiger partial charge in [-0.05, 0) is 63.7 Å². The van der Waals surface area contributed by atoms with Crippen LogP contribution in [0.5, 0.6) is 0 Å². The molecule has 0 aliphatic carbocycles. The van der Waals surface area contributed by atoms with Crippen LogP contribution in [0.25, 0.3) is 0 Å². The summed E-state index contributed by atoms with van der Waals surface area (Å²) >= 11 is 5.27. The SMILES string of the molecule is CCOCCCNC(=S)Nc1ccc(N(CC)CC)cc1. The van der Waals surface area contributed by atoms with E-state index in [1.165, 1.54) is 5.69 Å². The Labute approximate surface area is 133 Å². The zero-order chi connectivity index (χ0) is 15.5. The highest BCUT2D eigenvalue weighted by molar-refractivity contribution is 7.80. The lowest BCUT2D eigenvalue weighted by Crippen LogP contribution is -2.29. The van der Waals surface area contributed by atoms with Crippen molar-refractivity contribution in [2.45, 2.75) is 27.2 Å². The van der Waals surface area contributed by atoms with Crippen molar-refractivity contribution in [3.05, 3.63) is 24.3 Å². The van der Waals surface area contributed by atoms with Gasteiger partial charge in [0.05, 0.1) is 0 Å². The molecule has 0 bridgehead atoms. The van der Waals surface area contributed by atoms with Crippen LogP contribution in [0.2, 0.25) is 0 Å². The minimum Gasteiger partial charge on any atom is -0.382 e. The highest BCUT2D eigenvalue weighted by atomic mass is 32.1. The monoisotopic (exact) mass is 309 g/mol. The van der Waals surface area contributed by atoms with Crippen LogP contribution in [0.1, 0.15) is 27.2 Å². The molecule has 2 N–H and O–H groups in total. The Hall–Kier alpha value is -1.33. The van der Waals surface area contributed by atoms with Crippen molar-refractivity contribution in [2.75, 3.05) is 43.1 Å². The lowest BCUT2D eigenvalue weighted by molar-refractivity contribution is 0.146. The third-order valence-corrected chi connectivity index (χ3v) is 3.46. The Kier molecular flexibility index (Phi) is 8.78. The first-order chi connectivity index (χ1) is 10.2. The molecule has 0 saturated carbocycles. The molecular weight excluding hydrogens is 282 g/mol. The molecule has 0 unspecified atom stereocenters. The van der Waals surface area contributed by atoms with E-state index in [0.717, 1.165) is 45.0 Å². The van der Waals surface area contributed by atoms with Crippen LogP contribution in [-0.4, -0.2) is 38.0 Å². The number of anilines is 2. The minimum absolute atomic E-state index is 0.655. The summed E-state index contributed by atoms with van der Waals surface area (Å²) in [6, 6.07) is 8.35. The van der Waals surface area contributed by atoms with Crippen LogP contribution in [0.15, 0.2) is 24.3 Å². The van der Waals surface area contributed by atoms with Crippen molar-refractivity contribution in [1.82, 2.24) is 5.32 Å². The van der Waals surface area contributed by atoms with E-state index in [-0.39, 0.29) is 0 Å². The molecule has 4 nitrogen and oxygen atoms in total. The molecule has 1 rings (SSSR count). The number of ether oxygens (including phenoxy) is 1. The predicted octanol–water partition coefficient (Wildman–Crippen LogP) is 3.25. The average molecular weight is 309 g/mol. The third-order valence-electron chi connectivity index (χ3n) is 3.21. The van der Waals surface area contributed by atoms with E-state index in [9.17, 15) is 0 Å². The minimum atomic E-state index is 0.655. The van der Waals surface area contributed by atoms with E-state index in [0.29, 0.717) is 5.11 Å². The van der Waals surface area contributed by atoms with Gasteiger partial charge in [0.15, 0.2) is 5.11 Å². The van der Waals surface area contributed by atoms with Gasteiger partial charge in [-0.25, -0.2) is 0 Å². The summed E-state index contributed by atoms with van der Waals surface area (Å²) in [6.45, 7) is 10.7. The van der Waals surface area contributed by atoms with Crippen LogP contribution in [0, 0.1) is 0 Å². The van der Waals surface area contributed by atoms with E-state index < -0.39 is 0 Å². The molecule has 1 aromatic carbocycles. The molecule has 0 aliphatic rings. The molecule has 0 atom stereocenters. The Balaban J connectivity index is 2.36. The van der Waals surface area contributed by atoms with Gasteiger partial charge < -0.3 is 20.3 Å². The number of nitrogens with zero attached hydrogens (tertiary/aromatic N) is 1. The number of nitrogens with one attached hydrogen (secondary N) is 2. The Morgan fingerprint density at radius 2 is 1.81 bits per heavy atom. The van der Waals surface area contributed by atoms with Gasteiger partial charge in [0.1, 0.15) is 0 Å². The summed E-state index contributed by atoms with van der Waals surface area (Å²) in [5.74, 6) is 0. The van der Waals surface area contributed by atoms with Crippen molar-refractivity contribution in [1.29, 1.82) is 0 Å². The number of benzene rings is 1. The van der Waals surface area contributed by atoms with Gasteiger partial charge in [-0.1, -0.05) is 0 Å². The molecule has 0 aromatic heterocycles. The predicted molar refractivity (Wildman–Crippen MR) is 95.3 cm³/mol. The Morgan fingerprint density at radius 3 is 2.38 bits per heavy atom. The third kappa shape index (κ3) is 6.78. The molecule has 21 heavy (non-hydrogen) atoms. The van der Waals surface area contributed by atoms with Gasteiger partial charge in [-0.2, -0.15) is 0 Å². The summed E-state index contributed by atoms with van der Waals surface area (Å²) < 4.78 is 5.28. The van der Waals surface area contributed by atoms with Gasteiger partial charge in [0.25, 0.3) is 0 Å². The van der Waals surface area contributed by atoms with Crippen LogP contribution in [0.3, 0.4) is 0 Å². The molecule has 1 aromatic rings. The fraction of sp³-hybridized carbons (Fsp3) is 0.562. The fourth-order valence-corrected chi connectivity index (χ4v) is 2.26. The number of hydrogen-bond acceptors (Lipinski definition) is 3. The van der Waals surface area contributed by atoms with Crippen molar-refractivity contribution in [3.8, 4) is 0 Å². The van der Waals surface area contributed by atoms with Crippen molar-refractivity contribution < 1.29 is 4.74 Å². The van der Waals surface area contributed by atoms with Crippen molar-refractivity contribution in [3.63, 3.8) is 0 Å². The summed E-state index contributed by atoms with van der Waals surface area (Å²) in [4.78, 5) is 2.31. The van der Waals surface area contributed by atoms with Crippen LogP contribution in [-0.2, 0) is 4.74 Å². The largest absolute Gasteiger partial charge is 0.382 e. The lowest BCUT2D eigenvalue weighted by atomic mass is 10.2. The fourth-order valence-electron chi connectivity index (χ4n) is 2.04. The van der Waals surface area contributed by atoms with Gasteiger partial charge in [0.2, 0.25) is 0 Å². The Morgan fingerprint density at radius 1 is 1.14 bits per heavy atom. The smallest absolute Gasteiger partial charge is 0.170 e. The van der Waals surface area contributed by atoms with Gasteiger partial charge in [0, 0.05) is 44.2 Å². The zero-order valence-corrected chi connectivity index (χ0v) is 14.1. The number of rotatable bonds is 9. The van der Waals surface area contributed by atoms with E-state index in [1.807, 2.05) is 6.92 Å². The Bertz CT molecular complexity index is 404. The van der Waals surface area contributed by atoms with E-state index >= 15 is 0 Å². The first-order valence-corrected chi connectivity index (χ1v) is 8.09. The van der Waals surface area contributed by atoms with Gasteiger partial charge in [-0.3, -0.25) is 0 Å².